The van der Waals surface area contributed by atoms with E-state index in [1.807, 2.05) is 30.3 Å². The van der Waals surface area contributed by atoms with Crippen molar-refractivity contribution < 1.29 is 15.7 Å². The van der Waals surface area contributed by atoms with Gasteiger partial charge in [0, 0.05) is 35.7 Å². The van der Waals surface area contributed by atoms with Gasteiger partial charge >= 0.3 is 0 Å². The highest BCUT2D eigenvalue weighted by atomic mass is 16.7. The number of carbonyl (C=O) groups is 1. The molecule has 1 aliphatic carbocycles. The van der Waals surface area contributed by atoms with Crippen LogP contribution in [-0.4, -0.2) is 43.2 Å². The van der Waals surface area contributed by atoms with Gasteiger partial charge < -0.3 is 24.7 Å². The molecule has 0 atom stereocenters. The van der Waals surface area contributed by atoms with Crippen molar-refractivity contribution >= 4 is 22.5 Å². The Kier molecular flexibility index (Phi) is 4.52. The maximum atomic E-state index is 13.2. The molecule has 0 unspecified atom stereocenters. The van der Waals surface area contributed by atoms with E-state index >= 15 is 0 Å². The number of hydrogen-bond donors (Lipinski definition) is 2. The van der Waals surface area contributed by atoms with E-state index in [0.717, 1.165) is 53.0 Å². The molecular formula is C25H31N3O3. The van der Waals surface area contributed by atoms with Gasteiger partial charge in [0.25, 0.3) is 0 Å². The molecule has 3 aromatic rings. The molecule has 1 aliphatic heterocycles. The predicted octanol–water partition coefficient (Wildman–Crippen LogP) is 4.65. The number of ether oxygens (including phenoxy) is 2. The van der Waals surface area contributed by atoms with Crippen LogP contribution in [0.25, 0.3) is 10.9 Å². The highest BCUT2D eigenvalue weighted by Crippen LogP contribution is 2.51. The smallest absolute Gasteiger partial charge is 0.235 e. The van der Waals surface area contributed by atoms with Crippen LogP contribution in [0, 0.1) is 0 Å². The van der Waals surface area contributed by atoms with Crippen LogP contribution in [0.5, 0.6) is 11.5 Å². The van der Waals surface area contributed by atoms with Crippen molar-refractivity contribution in [1.82, 2.24) is 9.88 Å². The van der Waals surface area contributed by atoms with Crippen LogP contribution in [0.1, 0.15) is 39.4 Å². The van der Waals surface area contributed by atoms with E-state index in [4.69, 9.17) is 9.47 Å². The number of aromatic amines is 1. The fourth-order valence-corrected chi connectivity index (χ4v) is 4.67. The zero-order chi connectivity index (χ0) is 21.8. The first kappa shape index (κ1) is 19.9. The molecular weight excluding hydrogens is 390 g/mol. The zero-order valence-electron chi connectivity index (χ0n) is 18.5. The normalized spacial score (nSPS) is 16.7. The Balaban J connectivity index is 0.00000245. The van der Waals surface area contributed by atoms with Crippen LogP contribution >= 0.6 is 0 Å². The summed E-state index contributed by atoms with van der Waals surface area (Å²) in [6.07, 6.45) is 1.68. The van der Waals surface area contributed by atoms with Crippen molar-refractivity contribution in [2.75, 3.05) is 32.7 Å². The van der Waals surface area contributed by atoms with Gasteiger partial charge in [0.2, 0.25) is 12.7 Å². The first-order valence-electron chi connectivity index (χ1n) is 10.8. The first-order valence-corrected chi connectivity index (χ1v) is 10.8. The van der Waals surface area contributed by atoms with E-state index < -0.39 is 5.41 Å². The van der Waals surface area contributed by atoms with Crippen LogP contribution in [0.2, 0.25) is 0 Å². The van der Waals surface area contributed by atoms with Gasteiger partial charge in [-0.25, -0.2) is 0 Å². The lowest BCUT2D eigenvalue weighted by Crippen LogP contribution is -2.32. The van der Waals surface area contributed by atoms with Crippen LogP contribution in [0.15, 0.2) is 42.5 Å². The third-order valence-corrected chi connectivity index (χ3v) is 6.43. The van der Waals surface area contributed by atoms with Gasteiger partial charge in [-0.15, -0.1) is 0 Å². The van der Waals surface area contributed by atoms with Gasteiger partial charge in [-0.3, -0.25) is 4.79 Å². The molecule has 0 saturated heterocycles. The number of H-pyrrole nitrogens is 1. The molecule has 6 nitrogen and oxygen atoms in total. The molecule has 2 aromatic carbocycles. The van der Waals surface area contributed by atoms with E-state index in [9.17, 15) is 4.79 Å². The number of nitrogens with one attached hydrogen (secondary N) is 2. The molecule has 2 N–H and O–H groups in total. The molecule has 1 amide bonds. The molecule has 0 spiro atoms. The number of rotatable bonds is 6. The third kappa shape index (κ3) is 3.55. The van der Waals surface area contributed by atoms with Crippen molar-refractivity contribution in [1.29, 1.82) is 0 Å². The number of likely N-dealkylation sites (N-methyl/N-ethyl adjacent to an activating group) is 1. The lowest BCUT2D eigenvalue weighted by Gasteiger charge is -2.27. The molecule has 2 heterocycles. The molecule has 1 fully saturated rings. The molecule has 2 aliphatic rings. The fraction of sp³-hybridized carbons (Fsp3) is 0.400. The van der Waals surface area contributed by atoms with E-state index in [2.05, 4.69) is 55.3 Å². The summed E-state index contributed by atoms with van der Waals surface area (Å²) in [7, 11) is 4.18. The molecule has 5 rings (SSSR count). The van der Waals surface area contributed by atoms with Gasteiger partial charge in [-0.2, -0.15) is 0 Å². The maximum Gasteiger partial charge on any atom is 0.235 e. The number of aromatic nitrogens is 1. The second kappa shape index (κ2) is 7.02. The Morgan fingerprint density at radius 2 is 1.90 bits per heavy atom. The third-order valence-electron chi connectivity index (χ3n) is 6.43. The molecule has 0 radical (unpaired) electrons. The van der Waals surface area contributed by atoms with E-state index in [-0.39, 0.29) is 19.5 Å². The Morgan fingerprint density at radius 1 is 1.13 bits per heavy atom. The van der Waals surface area contributed by atoms with Gasteiger partial charge in [0.15, 0.2) is 11.5 Å². The van der Waals surface area contributed by atoms with Gasteiger partial charge in [0.05, 0.1) is 5.41 Å². The molecule has 31 heavy (non-hydrogen) atoms. The summed E-state index contributed by atoms with van der Waals surface area (Å²) in [6.45, 7) is 5.66. The monoisotopic (exact) mass is 421 g/mol. The van der Waals surface area contributed by atoms with Crippen LogP contribution in [0.3, 0.4) is 0 Å². The highest BCUT2D eigenvalue weighted by Gasteiger charge is 2.51. The average Bonchev–Trinajstić information content (AvgIpc) is 3.19. The number of carbonyl (C=O) groups excluding carboxylic acids is 1. The maximum absolute atomic E-state index is 13.2. The predicted molar refractivity (Wildman–Crippen MR) is 124 cm³/mol. The zero-order valence-corrected chi connectivity index (χ0v) is 18.5. The minimum Gasteiger partial charge on any atom is -0.454 e. The van der Waals surface area contributed by atoms with E-state index in [1.54, 1.807) is 0 Å². The number of hydrogen-bond acceptors (Lipinski definition) is 4. The van der Waals surface area contributed by atoms with Crippen molar-refractivity contribution in [3.8, 4) is 11.5 Å². The number of anilines is 1. The van der Waals surface area contributed by atoms with Crippen molar-refractivity contribution in [3.05, 3.63) is 53.7 Å². The first-order chi connectivity index (χ1) is 14.8. The second-order valence-corrected chi connectivity index (χ2v) is 9.71. The van der Waals surface area contributed by atoms with Crippen LogP contribution in [0.4, 0.5) is 5.69 Å². The topological polar surface area (TPSA) is 66.6 Å². The largest absolute Gasteiger partial charge is 0.454 e. The molecule has 1 aromatic heterocycles. The van der Waals surface area contributed by atoms with Crippen molar-refractivity contribution in [3.63, 3.8) is 0 Å². The van der Waals surface area contributed by atoms with Crippen LogP contribution in [-0.2, 0) is 15.6 Å². The Bertz CT molecular complexity index is 1160. The van der Waals surface area contributed by atoms with Crippen molar-refractivity contribution in [2.24, 2.45) is 0 Å². The summed E-state index contributed by atoms with van der Waals surface area (Å²) in [4.78, 5) is 19.0. The van der Waals surface area contributed by atoms with Gasteiger partial charge in [-0.05, 0) is 68.9 Å². The Hall–Kier alpha value is -2.99. The number of amides is 1. The molecule has 1 saturated carbocycles. The molecule has 0 bridgehead atoms. The van der Waals surface area contributed by atoms with Gasteiger partial charge in [-0.1, -0.05) is 19.9 Å². The minimum atomic E-state index is -0.479. The van der Waals surface area contributed by atoms with Crippen molar-refractivity contribution in [2.45, 2.75) is 37.5 Å². The summed E-state index contributed by atoms with van der Waals surface area (Å²) < 4.78 is 10.9. The van der Waals surface area contributed by atoms with E-state index in [0.29, 0.717) is 0 Å². The number of fused-ring (bicyclic) bond motifs is 2. The SMILES string of the molecule is CN(C)CC(C)(C)c1cc2cc(NC(=O)C3(c4ccc5c(c4)OCO5)CC3)ccc2[nH]1.[HH]. The molecule has 6 heteroatoms. The summed E-state index contributed by atoms with van der Waals surface area (Å²) in [6, 6.07) is 14.1. The lowest BCUT2D eigenvalue weighted by molar-refractivity contribution is -0.118. The quantitative estimate of drug-likeness (QED) is 0.608. The second-order valence-electron chi connectivity index (χ2n) is 9.71. The number of benzene rings is 2. The molecule has 164 valence electrons. The van der Waals surface area contributed by atoms with E-state index in [1.165, 1.54) is 5.69 Å². The summed E-state index contributed by atoms with van der Waals surface area (Å²) in [5.41, 5.74) is 3.61. The highest BCUT2D eigenvalue weighted by molar-refractivity contribution is 6.02. The summed E-state index contributed by atoms with van der Waals surface area (Å²) in [5.74, 6) is 1.50. The van der Waals surface area contributed by atoms with Crippen LogP contribution < -0.4 is 14.8 Å². The standard InChI is InChI=1S/C25H29N3O3.H2/c1-24(2,14-28(3)4)22-12-16-11-18(6-7-19(16)27-22)26-23(29)25(9-10-25)17-5-8-20-21(13-17)31-15-30-20;/h5-8,11-13,27H,9-10,14-15H2,1-4H3,(H,26,29);1H. The lowest BCUT2D eigenvalue weighted by atomic mass is 9.89. The fourth-order valence-electron chi connectivity index (χ4n) is 4.67. The number of nitrogens with zero attached hydrogens (tertiary/aromatic N) is 1. The average molecular weight is 422 g/mol. The Morgan fingerprint density at radius 3 is 2.65 bits per heavy atom. The summed E-state index contributed by atoms with van der Waals surface area (Å²) >= 11 is 0. The summed E-state index contributed by atoms with van der Waals surface area (Å²) in [5, 5.41) is 4.25. The minimum absolute atomic E-state index is 0. The Labute approximate surface area is 184 Å². The van der Waals surface area contributed by atoms with Gasteiger partial charge in [0.1, 0.15) is 0 Å².